The second-order valence-electron chi connectivity index (χ2n) is 5.18. The molecule has 0 radical (unpaired) electrons. The van der Waals surface area contributed by atoms with Crippen molar-refractivity contribution in [1.82, 2.24) is 0 Å². The van der Waals surface area contributed by atoms with Crippen molar-refractivity contribution in [3.05, 3.63) is 60.4 Å². The molecule has 0 aliphatic heterocycles. The number of hydrazone groups is 1. The van der Waals surface area contributed by atoms with E-state index in [0.29, 0.717) is 0 Å². The summed E-state index contributed by atoms with van der Waals surface area (Å²) >= 11 is 0. The van der Waals surface area contributed by atoms with Crippen LogP contribution in [0.4, 0.5) is 5.69 Å². The van der Waals surface area contributed by atoms with Crippen LogP contribution in [0.15, 0.2) is 60.0 Å². The second kappa shape index (κ2) is 8.20. The molecule has 0 bridgehead atoms. The molecule has 0 saturated carbocycles. The fraction of sp³-hybridized carbons (Fsp3) is 0.333. The molecule has 2 rings (SSSR count). The maximum absolute atomic E-state index is 4.47. The lowest BCUT2D eigenvalue weighted by molar-refractivity contribution is -0.697. The van der Waals surface area contributed by atoms with Gasteiger partial charge in [-0.3, -0.25) is 5.01 Å². The molecule has 0 aliphatic carbocycles. The summed E-state index contributed by atoms with van der Waals surface area (Å²) in [5, 5.41) is 6.35. The van der Waals surface area contributed by atoms with E-state index in [0.717, 1.165) is 17.8 Å². The highest BCUT2D eigenvalue weighted by Gasteiger charge is 2.00. The van der Waals surface area contributed by atoms with Gasteiger partial charge in [0, 0.05) is 31.2 Å². The molecule has 0 saturated heterocycles. The molecule has 3 heteroatoms. The Bertz CT molecular complexity index is 546. The highest BCUT2D eigenvalue weighted by Crippen LogP contribution is 2.10. The van der Waals surface area contributed by atoms with Crippen molar-refractivity contribution in [2.45, 2.75) is 32.7 Å². The normalized spacial score (nSPS) is 11.0. The molecule has 0 atom stereocenters. The first kappa shape index (κ1) is 15.2. The Labute approximate surface area is 127 Å². The largest absolute Gasteiger partial charge is 0.269 e. The van der Waals surface area contributed by atoms with E-state index < -0.39 is 0 Å². The van der Waals surface area contributed by atoms with Gasteiger partial charge >= 0.3 is 0 Å². The summed E-state index contributed by atoms with van der Waals surface area (Å²) in [5.74, 6) is 0. The number of anilines is 1. The first-order chi connectivity index (χ1) is 10.3. The van der Waals surface area contributed by atoms with Crippen LogP contribution in [-0.4, -0.2) is 13.3 Å². The molecule has 1 heterocycles. The SMILES string of the molecule is CCCCC[n+]1ccc(/C=N/N(C)c2ccccc2)cc1. The lowest BCUT2D eigenvalue weighted by atomic mass is 10.2. The van der Waals surface area contributed by atoms with Crippen LogP contribution in [0.25, 0.3) is 0 Å². The smallest absolute Gasteiger partial charge is 0.169 e. The van der Waals surface area contributed by atoms with Crippen LogP contribution in [-0.2, 0) is 6.54 Å². The van der Waals surface area contributed by atoms with Crippen LogP contribution in [0.5, 0.6) is 0 Å². The summed E-state index contributed by atoms with van der Waals surface area (Å²) in [5.41, 5.74) is 2.20. The van der Waals surface area contributed by atoms with Crippen molar-refractivity contribution in [3.63, 3.8) is 0 Å². The average Bonchev–Trinajstić information content (AvgIpc) is 2.55. The molecule has 0 fully saturated rings. The second-order valence-corrected chi connectivity index (χ2v) is 5.18. The molecular weight excluding hydrogens is 258 g/mol. The number of benzene rings is 1. The van der Waals surface area contributed by atoms with E-state index in [1.165, 1.54) is 19.3 Å². The van der Waals surface area contributed by atoms with Gasteiger partial charge < -0.3 is 0 Å². The number of para-hydroxylation sites is 1. The Morgan fingerprint density at radius 1 is 1.05 bits per heavy atom. The Morgan fingerprint density at radius 2 is 1.76 bits per heavy atom. The Kier molecular flexibility index (Phi) is 5.95. The fourth-order valence-electron chi connectivity index (χ4n) is 2.11. The van der Waals surface area contributed by atoms with Gasteiger partial charge in [0.1, 0.15) is 6.54 Å². The van der Waals surface area contributed by atoms with Gasteiger partial charge in [-0.1, -0.05) is 31.5 Å². The number of hydrogen-bond donors (Lipinski definition) is 0. The molecule has 0 amide bonds. The van der Waals surface area contributed by atoms with Gasteiger partial charge in [0.2, 0.25) is 0 Å². The molecule has 1 aromatic heterocycles. The number of aryl methyl sites for hydroxylation is 1. The van der Waals surface area contributed by atoms with E-state index in [1.807, 2.05) is 48.6 Å². The first-order valence-electron chi connectivity index (χ1n) is 7.61. The molecule has 2 aromatic rings. The summed E-state index contributed by atoms with van der Waals surface area (Å²) in [6.07, 6.45) is 9.93. The van der Waals surface area contributed by atoms with E-state index >= 15 is 0 Å². The molecule has 110 valence electrons. The van der Waals surface area contributed by atoms with E-state index in [9.17, 15) is 0 Å². The van der Waals surface area contributed by atoms with Gasteiger partial charge in [0.05, 0.1) is 11.9 Å². The monoisotopic (exact) mass is 282 g/mol. The van der Waals surface area contributed by atoms with Gasteiger partial charge in [-0.25, -0.2) is 4.57 Å². The minimum absolute atomic E-state index is 1.08. The zero-order valence-electron chi connectivity index (χ0n) is 12.9. The van der Waals surface area contributed by atoms with E-state index in [1.54, 1.807) is 0 Å². The van der Waals surface area contributed by atoms with Gasteiger partial charge in [0.15, 0.2) is 12.4 Å². The third-order valence-electron chi connectivity index (χ3n) is 3.45. The lowest BCUT2D eigenvalue weighted by Crippen LogP contribution is -2.32. The topological polar surface area (TPSA) is 19.5 Å². The van der Waals surface area contributed by atoms with Crippen molar-refractivity contribution in [2.24, 2.45) is 5.10 Å². The van der Waals surface area contributed by atoms with Crippen LogP contribution in [0.2, 0.25) is 0 Å². The van der Waals surface area contributed by atoms with Gasteiger partial charge in [0.25, 0.3) is 0 Å². The Morgan fingerprint density at radius 3 is 2.43 bits per heavy atom. The minimum atomic E-state index is 1.08. The van der Waals surface area contributed by atoms with Crippen LogP contribution in [0.1, 0.15) is 31.7 Å². The fourth-order valence-corrected chi connectivity index (χ4v) is 2.11. The third kappa shape index (κ3) is 5.03. The van der Waals surface area contributed by atoms with Crippen molar-refractivity contribution in [1.29, 1.82) is 0 Å². The lowest BCUT2D eigenvalue weighted by Gasteiger charge is -2.11. The molecule has 1 aromatic carbocycles. The predicted molar refractivity (Wildman–Crippen MR) is 88.6 cm³/mol. The number of nitrogens with zero attached hydrogens (tertiary/aromatic N) is 3. The zero-order valence-corrected chi connectivity index (χ0v) is 12.9. The van der Waals surface area contributed by atoms with E-state index in [2.05, 4.69) is 41.1 Å². The average molecular weight is 282 g/mol. The quantitative estimate of drug-likeness (QED) is 0.328. The number of aromatic nitrogens is 1. The van der Waals surface area contributed by atoms with Crippen molar-refractivity contribution >= 4 is 11.9 Å². The van der Waals surface area contributed by atoms with Crippen molar-refractivity contribution in [3.8, 4) is 0 Å². The number of hydrogen-bond acceptors (Lipinski definition) is 2. The van der Waals surface area contributed by atoms with Crippen molar-refractivity contribution in [2.75, 3.05) is 12.1 Å². The zero-order chi connectivity index (χ0) is 14.9. The maximum atomic E-state index is 4.47. The number of pyridine rings is 1. The van der Waals surface area contributed by atoms with Crippen LogP contribution in [0, 0.1) is 0 Å². The highest BCUT2D eigenvalue weighted by molar-refractivity contribution is 5.79. The van der Waals surface area contributed by atoms with Gasteiger partial charge in [-0.2, -0.15) is 5.10 Å². The van der Waals surface area contributed by atoms with E-state index in [4.69, 9.17) is 0 Å². The summed E-state index contributed by atoms with van der Waals surface area (Å²) in [6, 6.07) is 14.3. The third-order valence-corrected chi connectivity index (χ3v) is 3.45. The number of rotatable bonds is 7. The first-order valence-corrected chi connectivity index (χ1v) is 7.61. The van der Waals surface area contributed by atoms with Gasteiger partial charge in [-0.15, -0.1) is 0 Å². The van der Waals surface area contributed by atoms with Crippen LogP contribution < -0.4 is 9.58 Å². The van der Waals surface area contributed by atoms with Gasteiger partial charge in [-0.05, 0) is 18.6 Å². The van der Waals surface area contributed by atoms with E-state index in [-0.39, 0.29) is 0 Å². The molecule has 0 unspecified atom stereocenters. The summed E-state index contributed by atoms with van der Waals surface area (Å²) in [4.78, 5) is 0. The maximum Gasteiger partial charge on any atom is 0.169 e. The molecule has 0 N–H and O–H groups in total. The Balaban J connectivity index is 1.92. The number of unbranched alkanes of at least 4 members (excludes halogenated alkanes) is 2. The molecule has 0 spiro atoms. The predicted octanol–water partition coefficient (Wildman–Crippen LogP) is 3.63. The summed E-state index contributed by atoms with van der Waals surface area (Å²) in [6.45, 7) is 3.32. The van der Waals surface area contributed by atoms with Crippen LogP contribution in [0.3, 0.4) is 0 Å². The Hall–Kier alpha value is -2.16. The van der Waals surface area contributed by atoms with Crippen molar-refractivity contribution < 1.29 is 4.57 Å². The molecule has 3 nitrogen and oxygen atoms in total. The molecular formula is C18H24N3+. The minimum Gasteiger partial charge on any atom is -0.269 e. The summed E-state index contributed by atoms with van der Waals surface area (Å²) in [7, 11) is 1.96. The molecule has 0 aliphatic rings. The highest BCUT2D eigenvalue weighted by atomic mass is 15.4. The van der Waals surface area contributed by atoms with Crippen LogP contribution >= 0.6 is 0 Å². The standard InChI is InChI=1S/C18H24N3/c1-3-4-8-13-21-14-11-17(12-15-21)16-19-20(2)18-9-6-5-7-10-18/h5-7,9-12,14-16H,3-4,8,13H2,1-2H3/q+1. The summed E-state index contributed by atoms with van der Waals surface area (Å²) < 4.78 is 2.23. The molecule has 21 heavy (non-hydrogen) atoms.